The molecule has 2 N–H and O–H groups in total. The van der Waals surface area contributed by atoms with Crippen molar-refractivity contribution in [1.29, 1.82) is 0 Å². The van der Waals surface area contributed by atoms with Gasteiger partial charge in [-0.1, -0.05) is 29.2 Å². The summed E-state index contributed by atoms with van der Waals surface area (Å²) in [6.07, 6.45) is 0. The van der Waals surface area contributed by atoms with E-state index in [4.69, 9.17) is 9.15 Å². The van der Waals surface area contributed by atoms with Crippen LogP contribution in [0.1, 0.15) is 21.8 Å². The number of methoxy groups -OCH3 is 1. The summed E-state index contributed by atoms with van der Waals surface area (Å²) in [7, 11) is 1.56. The summed E-state index contributed by atoms with van der Waals surface area (Å²) in [5.74, 6) is 0.511. The number of anilines is 1. The Labute approximate surface area is 191 Å². The first-order valence-corrected chi connectivity index (χ1v) is 11.3. The first-order valence-electron chi connectivity index (χ1n) is 9.54. The summed E-state index contributed by atoms with van der Waals surface area (Å²) in [5.41, 5.74) is 2.48. The third-order valence-corrected chi connectivity index (χ3v) is 6.07. The molecule has 4 rings (SSSR count). The smallest absolute Gasteiger partial charge is 0.277 e. The van der Waals surface area contributed by atoms with Crippen molar-refractivity contribution in [1.82, 2.24) is 20.5 Å². The largest absolute Gasteiger partial charge is 0.497 e. The van der Waals surface area contributed by atoms with Gasteiger partial charge >= 0.3 is 0 Å². The molecule has 0 fully saturated rings. The topological polar surface area (TPSA) is 119 Å². The fraction of sp³-hybridized carbons (Fsp3) is 0.190. The van der Waals surface area contributed by atoms with E-state index in [0.717, 1.165) is 27.5 Å². The maximum absolute atomic E-state index is 12.2. The number of aromatic nitrogens is 3. The minimum absolute atomic E-state index is 0.0791. The highest BCUT2D eigenvalue weighted by Crippen LogP contribution is 2.27. The van der Waals surface area contributed by atoms with Crippen molar-refractivity contribution in [3.05, 3.63) is 59.5 Å². The predicted molar refractivity (Wildman–Crippen MR) is 122 cm³/mol. The van der Waals surface area contributed by atoms with Crippen molar-refractivity contribution >= 4 is 50.3 Å². The summed E-state index contributed by atoms with van der Waals surface area (Å²) in [6.45, 7) is 2.09. The molecule has 0 unspecified atom stereocenters. The zero-order valence-corrected chi connectivity index (χ0v) is 18.9. The maximum Gasteiger partial charge on any atom is 0.277 e. The molecule has 9 nitrogen and oxygen atoms in total. The minimum Gasteiger partial charge on any atom is -0.497 e. The van der Waals surface area contributed by atoms with Crippen LogP contribution >= 0.6 is 23.1 Å². The predicted octanol–water partition coefficient (Wildman–Crippen LogP) is 3.66. The van der Waals surface area contributed by atoms with E-state index in [9.17, 15) is 9.59 Å². The van der Waals surface area contributed by atoms with Gasteiger partial charge < -0.3 is 19.8 Å². The lowest BCUT2D eigenvalue weighted by atomic mass is 10.2. The second-order valence-corrected chi connectivity index (χ2v) is 8.66. The van der Waals surface area contributed by atoms with Crippen LogP contribution in [0.4, 0.5) is 5.13 Å². The van der Waals surface area contributed by atoms with Crippen LogP contribution < -0.4 is 15.4 Å². The zero-order valence-electron chi connectivity index (χ0n) is 17.2. The van der Waals surface area contributed by atoms with Gasteiger partial charge in [0.2, 0.25) is 11.8 Å². The van der Waals surface area contributed by atoms with Crippen LogP contribution in [-0.4, -0.2) is 39.9 Å². The van der Waals surface area contributed by atoms with E-state index >= 15 is 0 Å². The van der Waals surface area contributed by atoms with E-state index in [1.54, 1.807) is 31.4 Å². The highest BCUT2D eigenvalue weighted by molar-refractivity contribution is 7.99. The standard InChI is InChI=1S/C21H19N5O4S2/c1-12-3-8-15-16(9-12)32-20(23-15)24-17(27)11-31-21-26-25-18(30-21)10-22-19(28)13-4-6-14(29-2)7-5-13/h3-9H,10-11H2,1-2H3,(H,22,28)(H,23,24,27). The first kappa shape index (κ1) is 21.8. The summed E-state index contributed by atoms with van der Waals surface area (Å²) in [6, 6.07) is 12.7. The Kier molecular flexibility index (Phi) is 6.66. The lowest BCUT2D eigenvalue weighted by Crippen LogP contribution is -2.22. The van der Waals surface area contributed by atoms with Gasteiger partial charge in [0, 0.05) is 5.56 Å². The normalized spacial score (nSPS) is 10.8. The molecule has 0 aliphatic rings. The van der Waals surface area contributed by atoms with Crippen LogP contribution in [-0.2, 0) is 11.3 Å². The van der Waals surface area contributed by atoms with Gasteiger partial charge in [0.1, 0.15) is 5.75 Å². The summed E-state index contributed by atoms with van der Waals surface area (Å²) < 4.78 is 11.6. The van der Waals surface area contributed by atoms with Crippen LogP contribution in [0.15, 0.2) is 52.1 Å². The van der Waals surface area contributed by atoms with Crippen LogP contribution in [0.3, 0.4) is 0 Å². The molecule has 2 amide bonds. The second kappa shape index (κ2) is 9.79. The van der Waals surface area contributed by atoms with Crippen molar-refractivity contribution in [3.8, 4) is 5.75 Å². The molecule has 0 aliphatic heterocycles. The molecule has 0 atom stereocenters. The van der Waals surface area contributed by atoms with Crippen molar-refractivity contribution in [2.24, 2.45) is 0 Å². The lowest BCUT2D eigenvalue weighted by Gasteiger charge is -2.04. The Bertz CT molecular complexity index is 1250. The number of carbonyl (C=O) groups excluding carboxylic acids is 2. The molecule has 0 spiro atoms. The molecule has 4 aromatic rings. The van der Waals surface area contributed by atoms with E-state index in [0.29, 0.717) is 16.4 Å². The molecule has 164 valence electrons. The summed E-state index contributed by atoms with van der Waals surface area (Å²) >= 11 is 2.53. The second-order valence-electron chi connectivity index (χ2n) is 6.70. The highest BCUT2D eigenvalue weighted by Gasteiger charge is 2.13. The fourth-order valence-electron chi connectivity index (χ4n) is 2.74. The number of hydrogen-bond acceptors (Lipinski definition) is 9. The van der Waals surface area contributed by atoms with Gasteiger partial charge in [-0.3, -0.25) is 9.59 Å². The van der Waals surface area contributed by atoms with Crippen molar-refractivity contribution in [2.45, 2.75) is 18.7 Å². The highest BCUT2D eigenvalue weighted by atomic mass is 32.2. The van der Waals surface area contributed by atoms with Gasteiger partial charge in [0.05, 0.1) is 29.6 Å². The Hall–Kier alpha value is -3.44. The Morgan fingerprint density at radius 3 is 2.75 bits per heavy atom. The van der Waals surface area contributed by atoms with Gasteiger partial charge in [0.15, 0.2) is 5.13 Å². The molecule has 0 bridgehead atoms. The maximum atomic E-state index is 12.2. The first-order chi connectivity index (χ1) is 15.5. The van der Waals surface area contributed by atoms with E-state index in [1.807, 2.05) is 25.1 Å². The van der Waals surface area contributed by atoms with Gasteiger partial charge in [-0.2, -0.15) is 0 Å². The van der Waals surface area contributed by atoms with E-state index in [1.165, 1.54) is 11.3 Å². The number of fused-ring (bicyclic) bond motifs is 1. The number of hydrogen-bond donors (Lipinski definition) is 2. The molecule has 0 aliphatic carbocycles. The Balaban J connectivity index is 1.25. The minimum atomic E-state index is -0.273. The molecule has 32 heavy (non-hydrogen) atoms. The number of rotatable bonds is 8. The Morgan fingerprint density at radius 2 is 1.97 bits per heavy atom. The van der Waals surface area contributed by atoms with E-state index in [-0.39, 0.29) is 35.2 Å². The SMILES string of the molecule is COc1ccc(C(=O)NCc2nnc(SCC(=O)Nc3nc4ccc(C)cc4s3)o2)cc1. The number of thiazole rings is 1. The van der Waals surface area contributed by atoms with Crippen molar-refractivity contribution in [2.75, 3.05) is 18.2 Å². The zero-order chi connectivity index (χ0) is 22.5. The molecule has 2 aromatic heterocycles. The van der Waals surface area contributed by atoms with Gasteiger partial charge in [0.25, 0.3) is 11.1 Å². The van der Waals surface area contributed by atoms with Crippen LogP contribution in [0.5, 0.6) is 5.75 Å². The lowest BCUT2D eigenvalue weighted by molar-refractivity contribution is -0.113. The van der Waals surface area contributed by atoms with E-state index < -0.39 is 0 Å². The average molecular weight is 470 g/mol. The number of carbonyl (C=O) groups is 2. The number of aryl methyl sites for hydroxylation is 1. The Morgan fingerprint density at radius 1 is 1.16 bits per heavy atom. The molecule has 0 radical (unpaired) electrons. The number of nitrogens with one attached hydrogen (secondary N) is 2. The monoisotopic (exact) mass is 469 g/mol. The molecule has 11 heteroatoms. The third kappa shape index (κ3) is 5.42. The number of thioether (sulfide) groups is 1. The number of benzene rings is 2. The van der Waals surface area contributed by atoms with Crippen LogP contribution in [0, 0.1) is 6.92 Å². The molecule has 0 saturated heterocycles. The number of amides is 2. The summed E-state index contributed by atoms with van der Waals surface area (Å²) in [5, 5.41) is 14.1. The summed E-state index contributed by atoms with van der Waals surface area (Å²) in [4.78, 5) is 28.8. The average Bonchev–Trinajstić information content (AvgIpc) is 3.42. The fourth-order valence-corrected chi connectivity index (χ4v) is 4.30. The molecule has 2 aromatic carbocycles. The van der Waals surface area contributed by atoms with Crippen LogP contribution in [0.25, 0.3) is 10.2 Å². The van der Waals surface area contributed by atoms with Gasteiger partial charge in [-0.05, 0) is 48.9 Å². The number of nitrogens with zero attached hydrogens (tertiary/aromatic N) is 3. The van der Waals surface area contributed by atoms with Gasteiger partial charge in [-0.25, -0.2) is 4.98 Å². The molecule has 0 saturated carbocycles. The third-order valence-electron chi connectivity index (χ3n) is 4.32. The molecule has 2 heterocycles. The van der Waals surface area contributed by atoms with Crippen molar-refractivity contribution in [3.63, 3.8) is 0 Å². The van der Waals surface area contributed by atoms with Gasteiger partial charge in [-0.15, -0.1) is 10.2 Å². The molecular formula is C21H19N5O4S2. The number of ether oxygens (including phenoxy) is 1. The molecular weight excluding hydrogens is 450 g/mol. The van der Waals surface area contributed by atoms with E-state index in [2.05, 4.69) is 25.8 Å². The van der Waals surface area contributed by atoms with Crippen LogP contribution in [0.2, 0.25) is 0 Å². The quantitative estimate of drug-likeness (QED) is 0.375. The van der Waals surface area contributed by atoms with Crippen molar-refractivity contribution < 1.29 is 18.7 Å².